The second kappa shape index (κ2) is 7.34. The number of para-hydroxylation sites is 1. The predicted molar refractivity (Wildman–Crippen MR) is 116 cm³/mol. The smallest absolute Gasteiger partial charge is 0.226 e. The average molecular weight is 417 g/mol. The van der Waals surface area contributed by atoms with Gasteiger partial charge in [0.1, 0.15) is 5.82 Å². The molecular formula is C24H24FN5O. The van der Waals surface area contributed by atoms with Crippen LogP contribution in [0, 0.1) is 11.2 Å². The minimum Gasteiger partial charge on any atom is -0.349 e. The Morgan fingerprint density at radius 2 is 2.10 bits per heavy atom. The number of amides is 1. The van der Waals surface area contributed by atoms with Gasteiger partial charge in [0.25, 0.3) is 0 Å². The molecule has 0 saturated carbocycles. The molecule has 6 nitrogen and oxygen atoms in total. The van der Waals surface area contributed by atoms with E-state index in [4.69, 9.17) is 0 Å². The summed E-state index contributed by atoms with van der Waals surface area (Å²) in [6.07, 6.45) is 3.64. The number of nitrogens with zero attached hydrogens (tertiary/aromatic N) is 3. The molecule has 0 unspecified atom stereocenters. The van der Waals surface area contributed by atoms with E-state index in [1.54, 1.807) is 16.9 Å². The van der Waals surface area contributed by atoms with Crippen LogP contribution in [0.2, 0.25) is 0 Å². The summed E-state index contributed by atoms with van der Waals surface area (Å²) in [5.41, 5.74) is 4.32. The number of fused-ring (bicyclic) bond motifs is 2. The first-order chi connectivity index (χ1) is 14.9. The zero-order valence-electron chi connectivity index (χ0n) is 17.5. The van der Waals surface area contributed by atoms with Crippen molar-refractivity contribution in [1.82, 2.24) is 25.3 Å². The van der Waals surface area contributed by atoms with Crippen LogP contribution in [0.1, 0.15) is 43.3 Å². The molecule has 0 saturated heterocycles. The average Bonchev–Trinajstić information content (AvgIpc) is 3.32. The van der Waals surface area contributed by atoms with Crippen molar-refractivity contribution in [3.05, 3.63) is 77.5 Å². The Kier molecular flexibility index (Phi) is 4.61. The van der Waals surface area contributed by atoms with Crippen molar-refractivity contribution in [1.29, 1.82) is 0 Å². The van der Waals surface area contributed by atoms with E-state index in [0.29, 0.717) is 5.69 Å². The van der Waals surface area contributed by atoms with E-state index >= 15 is 0 Å². The molecule has 0 aliphatic heterocycles. The van der Waals surface area contributed by atoms with Crippen LogP contribution < -0.4 is 5.32 Å². The first-order valence-electron chi connectivity index (χ1n) is 10.4. The lowest BCUT2D eigenvalue weighted by Crippen LogP contribution is -2.37. The second-order valence-electron chi connectivity index (χ2n) is 9.00. The van der Waals surface area contributed by atoms with Crippen molar-refractivity contribution in [3.63, 3.8) is 0 Å². The summed E-state index contributed by atoms with van der Waals surface area (Å²) in [6, 6.07) is 14.0. The van der Waals surface area contributed by atoms with Crippen LogP contribution in [0.3, 0.4) is 0 Å². The van der Waals surface area contributed by atoms with Crippen LogP contribution in [0.25, 0.3) is 16.6 Å². The minimum atomic E-state index is -0.298. The third-order valence-electron chi connectivity index (χ3n) is 5.95. The van der Waals surface area contributed by atoms with E-state index in [-0.39, 0.29) is 29.6 Å². The lowest BCUT2D eigenvalue weighted by atomic mass is 9.74. The molecule has 5 rings (SSSR count). The van der Waals surface area contributed by atoms with Gasteiger partial charge in [-0.1, -0.05) is 38.1 Å². The van der Waals surface area contributed by atoms with E-state index in [2.05, 4.69) is 34.5 Å². The molecule has 0 bridgehead atoms. The van der Waals surface area contributed by atoms with Crippen molar-refractivity contribution in [2.75, 3.05) is 0 Å². The van der Waals surface area contributed by atoms with Gasteiger partial charge in [0, 0.05) is 10.9 Å². The Morgan fingerprint density at radius 1 is 1.26 bits per heavy atom. The Labute approximate surface area is 179 Å². The molecule has 4 aromatic rings. The number of nitrogens with one attached hydrogen (secondary N) is 2. The number of rotatable bonds is 4. The van der Waals surface area contributed by atoms with Crippen LogP contribution in [-0.2, 0) is 17.6 Å². The SMILES string of the molecule is CC1(C)Cc2c(cnn2-c2cccc(F)c2)[C@@H](NC(=O)Cc2[nH]nc3ccccc23)C1. The summed E-state index contributed by atoms with van der Waals surface area (Å²) in [7, 11) is 0. The van der Waals surface area contributed by atoms with Crippen molar-refractivity contribution in [3.8, 4) is 5.69 Å². The van der Waals surface area contributed by atoms with Crippen LogP contribution in [0.15, 0.2) is 54.7 Å². The summed E-state index contributed by atoms with van der Waals surface area (Å²) < 4.78 is 15.6. The number of carbonyl (C=O) groups excluding carboxylic acids is 1. The maximum absolute atomic E-state index is 13.8. The summed E-state index contributed by atoms with van der Waals surface area (Å²) in [4.78, 5) is 12.9. The van der Waals surface area contributed by atoms with Gasteiger partial charge >= 0.3 is 0 Å². The molecule has 158 valence electrons. The molecule has 0 fully saturated rings. The standard InChI is InChI=1S/C24H24FN5O/c1-24(2)12-21(27-23(31)11-20-17-8-3-4-9-19(17)28-29-20)18-14-26-30(22(18)13-24)16-7-5-6-15(25)10-16/h3-10,14,21H,11-13H2,1-2H3,(H,27,31)(H,28,29)/t21-/m0/s1. The predicted octanol–water partition coefficient (Wildman–Crippen LogP) is 4.26. The fraction of sp³-hybridized carbons (Fsp3) is 0.292. The third kappa shape index (κ3) is 3.71. The highest BCUT2D eigenvalue weighted by atomic mass is 19.1. The summed E-state index contributed by atoms with van der Waals surface area (Å²) >= 11 is 0. The molecule has 2 N–H and O–H groups in total. The molecule has 2 aromatic carbocycles. The normalized spacial score (nSPS) is 17.5. The van der Waals surface area contributed by atoms with Crippen molar-refractivity contribution in [2.45, 2.75) is 39.2 Å². The zero-order valence-corrected chi connectivity index (χ0v) is 17.5. The fourth-order valence-electron chi connectivity index (χ4n) is 4.56. The van der Waals surface area contributed by atoms with Gasteiger partial charge in [-0.25, -0.2) is 9.07 Å². The molecule has 1 aliphatic carbocycles. The van der Waals surface area contributed by atoms with E-state index in [9.17, 15) is 9.18 Å². The summed E-state index contributed by atoms with van der Waals surface area (Å²) in [5.74, 6) is -0.366. The highest BCUT2D eigenvalue weighted by Crippen LogP contribution is 2.41. The van der Waals surface area contributed by atoms with Crippen molar-refractivity contribution < 1.29 is 9.18 Å². The molecule has 7 heteroatoms. The number of hydrogen-bond acceptors (Lipinski definition) is 3. The Hall–Kier alpha value is -3.48. The maximum atomic E-state index is 13.8. The quantitative estimate of drug-likeness (QED) is 0.521. The van der Waals surface area contributed by atoms with Gasteiger partial charge in [-0.2, -0.15) is 10.2 Å². The number of halogens is 1. The fourth-order valence-corrected chi connectivity index (χ4v) is 4.56. The lowest BCUT2D eigenvalue weighted by molar-refractivity contribution is -0.121. The highest BCUT2D eigenvalue weighted by Gasteiger charge is 2.36. The monoisotopic (exact) mass is 417 g/mol. The largest absolute Gasteiger partial charge is 0.349 e. The van der Waals surface area contributed by atoms with E-state index in [0.717, 1.165) is 40.7 Å². The second-order valence-corrected chi connectivity index (χ2v) is 9.00. The highest BCUT2D eigenvalue weighted by molar-refractivity contribution is 5.87. The van der Waals surface area contributed by atoms with Crippen LogP contribution in [0.5, 0.6) is 0 Å². The molecule has 1 aliphatic rings. The van der Waals surface area contributed by atoms with Crippen molar-refractivity contribution in [2.24, 2.45) is 5.41 Å². The van der Waals surface area contributed by atoms with Gasteiger partial charge in [0.15, 0.2) is 0 Å². The summed E-state index contributed by atoms with van der Waals surface area (Å²) in [6.45, 7) is 4.36. The van der Waals surface area contributed by atoms with Gasteiger partial charge in [-0.3, -0.25) is 9.89 Å². The molecule has 31 heavy (non-hydrogen) atoms. The van der Waals surface area contributed by atoms with Crippen molar-refractivity contribution >= 4 is 16.8 Å². The number of H-pyrrole nitrogens is 1. The number of aromatic nitrogens is 4. The minimum absolute atomic E-state index is 0.0310. The van der Waals surface area contributed by atoms with E-state index in [1.807, 2.05) is 30.3 Å². The number of hydrogen-bond donors (Lipinski definition) is 2. The molecule has 2 heterocycles. The van der Waals surface area contributed by atoms with Crippen LogP contribution in [0.4, 0.5) is 4.39 Å². The molecule has 1 atom stereocenters. The Morgan fingerprint density at radius 3 is 2.94 bits per heavy atom. The third-order valence-corrected chi connectivity index (χ3v) is 5.95. The first kappa shape index (κ1) is 19.5. The maximum Gasteiger partial charge on any atom is 0.226 e. The molecule has 1 amide bonds. The summed E-state index contributed by atoms with van der Waals surface area (Å²) in [5, 5.41) is 15.9. The van der Waals surface area contributed by atoms with Gasteiger partial charge in [0.05, 0.1) is 41.3 Å². The van der Waals surface area contributed by atoms with Gasteiger partial charge < -0.3 is 5.32 Å². The molecule has 0 spiro atoms. The number of aromatic amines is 1. The molecule has 2 aromatic heterocycles. The number of carbonyl (C=O) groups is 1. The van der Waals surface area contributed by atoms with Gasteiger partial charge in [0.2, 0.25) is 5.91 Å². The van der Waals surface area contributed by atoms with Crippen LogP contribution in [-0.4, -0.2) is 25.9 Å². The Balaban J connectivity index is 1.42. The van der Waals surface area contributed by atoms with Gasteiger partial charge in [-0.05, 0) is 42.5 Å². The number of benzene rings is 2. The van der Waals surface area contributed by atoms with Crippen LogP contribution >= 0.6 is 0 Å². The molecular weight excluding hydrogens is 393 g/mol. The van der Waals surface area contributed by atoms with E-state index in [1.165, 1.54) is 12.1 Å². The van der Waals surface area contributed by atoms with Gasteiger partial charge in [-0.15, -0.1) is 0 Å². The molecule has 0 radical (unpaired) electrons. The lowest BCUT2D eigenvalue weighted by Gasteiger charge is -2.36. The Bertz CT molecular complexity index is 1270. The topological polar surface area (TPSA) is 75.6 Å². The van der Waals surface area contributed by atoms with E-state index < -0.39 is 0 Å². The zero-order chi connectivity index (χ0) is 21.6. The first-order valence-corrected chi connectivity index (χ1v) is 10.4.